The zero-order valence-electron chi connectivity index (χ0n) is 6.67. The van der Waals surface area contributed by atoms with Crippen molar-refractivity contribution in [1.82, 2.24) is 4.98 Å². The third-order valence-corrected chi connectivity index (χ3v) is 1.55. The summed E-state index contributed by atoms with van der Waals surface area (Å²) in [7, 11) is 0. The summed E-state index contributed by atoms with van der Waals surface area (Å²) in [5, 5.41) is 9.21. The Hall–Kier alpha value is -1.43. The van der Waals surface area contributed by atoms with Crippen molar-refractivity contribution in [2.75, 3.05) is 5.73 Å². The van der Waals surface area contributed by atoms with Crippen molar-refractivity contribution in [3.8, 4) is 5.75 Å². The van der Waals surface area contributed by atoms with Crippen LogP contribution in [0.25, 0.3) is 0 Å². The van der Waals surface area contributed by atoms with E-state index >= 15 is 0 Å². The summed E-state index contributed by atoms with van der Waals surface area (Å²) in [4.78, 5) is 3.30. The van der Waals surface area contributed by atoms with Crippen LogP contribution in [0.5, 0.6) is 5.75 Å². The molecule has 0 fully saturated rings. The summed E-state index contributed by atoms with van der Waals surface area (Å²) < 4.78 is 24.4. The molecule has 0 saturated heterocycles. The van der Waals surface area contributed by atoms with Gasteiger partial charge in [-0.05, 0) is 6.07 Å². The van der Waals surface area contributed by atoms with Crippen LogP contribution >= 0.6 is 0 Å². The van der Waals surface area contributed by atoms with E-state index in [4.69, 9.17) is 11.5 Å². The molecule has 1 rings (SSSR count). The lowest BCUT2D eigenvalue weighted by molar-refractivity contribution is 0.142. The molecule has 0 radical (unpaired) electrons. The highest BCUT2D eigenvalue weighted by Crippen LogP contribution is 2.30. The lowest BCUT2D eigenvalue weighted by atomic mass is 10.2. The molecule has 6 heteroatoms. The molecule has 0 atom stereocenters. The Labute approximate surface area is 73.2 Å². The van der Waals surface area contributed by atoms with Crippen molar-refractivity contribution in [2.24, 2.45) is 5.73 Å². The number of nitrogen functional groups attached to an aromatic ring is 1. The van der Waals surface area contributed by atoms with Gasteiger partial charge in [-0.2, -0.15) is 0 Å². The molecule has 5 N–H and O–H groups in total. The van der Waals surface area contributed by atoms with Gasteiger partial charge in [-0.25, -0.2) is 13.8 Å². The van der Waals surface area contributed by atoms with Gasteiger partial charge in [0.05, 0.1) is 0 Å². The van der Waals surface area contributed by atoms with Gasteiger partial charge in [0.2, 0.25) is 0 Å². The number of rotatable bonds is 2. The quantitative estimate of drug-likeness (QED) is 0.641. The summed E-state index contributed by atoms with van der Waals surface area (Å²) >= 11 is 0. The summed E-state index contributed by atoms with van der Waals surface area (Å²) in [6.45, 7) is -0.0573. The van der Waals surface area contributed by atoms with E-state index in [2.05, 4.69) is 4.98 Å². The lowest BCUT2D eigenvalue weighted by Crippen LogP contribution is -2.04. The number of aromatic hydroxyl groups is 1. The summed E-state index contributed by atoms with van der Waals surface area (Å²) in [6, 6.07) is 1.27. The molecule has 0 aliphatic carbocycles. The maximum atomic E-state index is 12.2. The molecule has 0 saturated carbocycles. The minimum atomic E-state index is -2.85. The van der Waals surface area contributed by atoms with Gasteiger partial charge in [0.15, 0.2) is 5.69 Å². The fourth-order valence-electron chi connectivity index (χ4n) is 0.943. The lowest BCUT2D eigenvalue weighted by Gasteiger charge is -2.07. The first-order chi connectivity index (χ1) is 6.06. The van der Waals surface area contributed by atoms with Crippen molar-refractivity contribution in [3.63, 3.8) is 0 Å². The van der Waals surface area contributed by atoms with Gasteiger partial charge in [-0.3, -0.25) is 0 Å². The van der Waals surface area contributed by atoms with Crippen LogP contribution in [0.4, 0.5) is 14.6 Å². The Bertz CT molecular complexity index is 317. The smallest absolute Gasteiger partial charge is 0.284 e. The fraction of sp³-hybridized carbons (Fsp3) is 0.286. The van der Waals surface area contributed by atoms with Crippen molar-refractivity contribution in [1.29, 1.82) is 0 Å². The van der Waals surface area contributed by atoms with Gasteiger partial charge < -0.3 is 16.6 Å². The number of pyridine rings is 1. The topological polar surface area (TPSA) is 85.2 Å². The molecule has 1 heterocycles. The van der Waals surface area contributed by atoms with E-state index in [1.54, 1.807) is 0 Å². The third kappa shape index (κ3) is 1.83. The Morgan fingerprint density at radius 3 is 2.62 bits per heavy atom. The molecular formula is C7H9F2N3O. The monoisotopic (exact) mass is 189 g/mol. The van der Waals surface area contributed by atoms with Crippen molar-refractivity contribution < 1.29 is 13.9 Å². The second-order valence-corrected chi connectivity index (χ2v) is 2.44. The molecule has 13 heavy (non-hydrogen) atoms. The highest BCUT2D eigenvalue weighted by Gasteiger charge is 2.17. The standard InChI is InChI=1S/C7H9F2N3O/c8-7(9)5-6(13)3(2-10)1-4(11)12-5/h1,7,13H,2,10H2,(H2,11,12). The van der Waals surface area contributed by atoms with Crippen LogP contribution in [-0.4, -0.2) is 10.1 Å². The molecule has 72 valence electrons. The van der Waals surface area contributed by atoms with Gasteiger partial charge in [0.1, 0.15) is 11.6 Å². The number of nitrogens with two attached hydrogens (primary N) is 2. The Kier molecular flexibility index (Phi) is 2.62. The largest absolute Gasteiger partial charge is 0.505 e. The van der Waals surface area contributed by atoms with Gasteiger partial charge in [-0.1, -0.05) is 0 Å². The number of hydrogen-bond donors (Lipinski definition) is 3. The second kappa shape index (κ2) is 3.53. The maximum Gasteiger partial charge on any atom is 0.284 e. The summed E-state index contributed by atoms with van der Waals surface area (Å²) in [5.74, 6) is -0.653. The first-order valence-electron chi connectivity index (χ1n) is 3.52. The predicted octanol–water partition coefficient (Wildman–Crippen LogP) is 0.766. The van der Waals surface area contributed by atoms with Crippen molar-refractivity contribution in [2.45, 2.75) is 13.0 Å². The van der Waals surface area contributed by atoms with Gasteiger partial charge in [-0.15, -0.1) is 0 Å². The van der Waals surface area contributed by atoms with E-state index in [9.17, 15) is 13.9 Å². The van der Waals surface area contributed by atoms with Crippen LogP contribution in [0.15, 0.2) is 6.07 Å². The fourth-order valence-corrected chi connectivity index (χ4v) is 0.943. The maximum absolute atomic E-state index is 12.2. The molecule has 0 unspecified atom stereocenters. The number of alkyl halides is 2. The number of halogens is 2. The normalized spacial score (nSPS) is 10.8. The van der Waals surface area contributed by atoms with Gasteiger partial charge in [0, 0.05) is 12.1 Å². The number of hydrogen-bond acceptors (Lipinski definition) is 4. The van der Waals surface area contributed by atoms with Crippen molar-refractivity contribution in [3.05, 3.63) is 17.3 Å². The molecule has 4 nitrogen and oxygen atoms in total. The Morgan fingerprint density at radius 2 is 2.15 bits per heavy atom. The van der Waals surface area contributed by atoms with E-state index in [1.807, 2.05) is 0 Å². The second-order valence-electron chi connectivity index (χ2n) is 2.44. The minimum Gasteiger partial charge on any atom is -0.505 e. The third-order valence-electron chi connectivity index (χ3n) is 1.55. The average Bonchev–Trinajstić information content (AvgIpc) is 2.08. The molecule has 1 aromatic rings. The highest BCUT2D eigenvalue weighted by atomic mass is 19.3. The summed E-state index contributed by atoms with van der Waals surface area (Å²) in [6.07, 6.45) is -2.85. The molecule has 1 aromatic heterocycles. The molecule has 0 spiro atoms. The Morgan fingerprint density at radius 1 is 1.54 bits per heavy atom. The molecule has 0 bridgehead atoms. The van der Waals surface area contributed by atoms with Crippen LogP contribution in [0.2, 0.25) is 0 Å². The molecule has 0 aliphatic rings. The van der Waals surface area contributed by atoms with Crippen LogP contribution < -0.4 is 11.5 Å². The minimum absolute atomic E-state index is 0.0573. The van der Waals surface area contributed by atoms with E-state index in [0.29, 0.717) is 0 Å². The van der Waals surface area contributed by atoms with Crippen molar-refractivity contribution >= 4 is 5.82 Å². The average molecular weight is 189 g/mol. The highest BCUT2D eigenvalue weighted by molar-refractivity contribution is 5.45. The van der Waals surface area contributed by atoms with Gasteiger partial charge in [0.25, 0.3) is 6.43 Å². The first kappa shape index (κ1) is 9.66. The Balaban J connectivity index is 3.27. The number of anilines is 1. The van der Waals surface area contributed by atoms with E-state index in [1.165, 1.54) is 6.07 Å². The number of aromatic nitrogens is 1. The first-order valence-corrected chi connectivity index (χ1v) is 3.52. The zero-order chi connectivity index (χ0) is 10.0. The molecular weight excluding hydrogens is 180 g/mol. The van der Waals surface area contributed by atoms with Crippen LogP contribution in [-0.2, 0) is 6.54 Å². The predicted molar refractivity (Wildman–Crippen MR) is 43.2 cm³/mol. The van der Waals surface area contributed by atoms with Crippen LogP contribution in [0, 0.1) is 0 Å². The molecule has 0 amide bonds. The zero-order valence-corrected chi connectivity index (χ0v) is 6.67. The molecule has 0 aromatic carbocycles. The van der Waals surface area contributed by atoms with Crippen LogP contribution in [0.1, 0.15) is 17.7 Å². The SMILES string of the molecule is NCc1cc(N)nc(C(F)F)c1O. The van der Waals surface area contributed by atoms with Gasteiger partial charge >= 0.3 is 0 Å². The summed E-state index contributed by atoms with van der Waals surface area (Å²) in [5.41, 5.74) is 9.88. The van der Waals surface area contributed by atoms with E-state index in [0.717, 1.165) is 0 Å². The molecule has 0 aliphatic heterocycles. The van der Waals surface area contributed by atoms with Crippen LogP contribution in [0.3, 0.4) is 0 Å². The van der Waals surface area contributed by atoms with E-state index in [-0.39, 0.29) is 17.9 Å². The van der Waals surface area contributed by atoms with E-state index < -0.39 is 17.9 Å². The number of nitrogens with zero attached hydrogens (tertiary/aromatic N) is 1.